The second kappa shape index (κ2) is 7.06. The quantitative estimate of drug-likeness (QED) is 0.638. The van der Waals surface area contributed by atoms with Gasteiger partial charge in [0.25, 0.3) is 0 Å². The molecular weight excluding hydrogens is 331 g/mol. The highest BCUT2D eigenvalue weighted by Gasteiger charge is 2.13. The summed E-state index contributed by atoms with van der Waals surface area (Å²) < 4.78 is 13.1. The molecule has 1 heterocycles. The number of aromatic nitrogens is 2. The summed E-state index contributed by atoms with van der Waals surface area (Å²) in [5, 5.41) is 20.9. The summed E-state index contributed by atoms with van der Waals surface area (Å²) in [5.41, 5.74) is 0.546. The number of benzene rings is 1. The molecule has 0 aliphatic rings. The number of anilines is 2. The summed E-state index contributed by atoms with van der Waals surface area (Å²) in [7, 11) is 0. The van der Waals surface area contributed by atoms with Gasteiger partial charge in [0, 0.05) is 5.69 Å². The number of rotatable bonds is 5. The van der Waals surface area contributed by atoms with Crippen molar-refractivity contribution in [3.05, 3.63) is 40.9 Å². The lowest BCUT2D eigenvalue weighted by molar-refractivity contribution is -0.133. The maximum absolute atomic E-state index is 13.1. The minimum atomic E-state index is -1.02. The summed E-state index contributed by atoms with van der Waals surface area (Å²) in [4.78, 5) is 18.4. The molecule has 0 fully saturated rings. The molecule has 0 amide bonds. The number of hydrogen-bond donors (Lipinski definition) is 2. The minimum Gasteiger partial charge on any atom is -0.481 e. The number of carbonyl (C=O) groups is 1. The molecule has 0 aliphatic heterocycles. The van der Waals surface area contributed by atoms with Crippen molar-refractivity contribution >= 4 is 40.8 Å². The third-order valence-corrected chi connectivity index (χ3v) is 3.70. The van der Waals surface area contributed by atoms with Crippen LogP contribution in [0.4, 0.5) is 15.9 Å². The summed E-state index contributed by atoms with van der Waals surface area (Å²) in [6.45, 7) is 0. The van der Waals surface area contributed by atoms with E-state index in [-0.39, 0.29) is 27.2 Å². The van der Waals surface area contributed by atoms with Crippen LogP contribution in [0.1, 0.15) is 5.56 Å². The molecule has 0 aliphatic carbocycles. The van der Waals surface area contributed by atoms with E-state index in [1.54, 1.807) is 0 Å². The second-order valence-corrected chi connectivity index (χ2v) is 5.32. The molecule has 9 heteroatoms. The Hall–Kier alpha value is -2.37. The van der Waals surface area contributed by atoms with Crippen molar-refractivity contribution in [2.45, 2.75) is 5.03 Å². The molecule has 0 saturated carbocycles. The van der Waals surface area contributed by atoms with Crippen LogP contribution < -0.4 is 5.32 Å². The number of nitrogens with zero attached hydrogens (tertiary/aromatic N) is 3. The van der Waals surface area contributed by atoms with Gasteiger partial charge in [0.05, 0.1) is 10.8 Å². The fourth-order valence-electron chi connectivity index (χ4n) is 1.52. The van der Waals surface area contributed by atoms with Crippen LogP contribution >= 0.6 is 23.4 Å². The van der Waals surface area contributed by atoms with E-state index in [1.165, 1.54) is 24.5 Å². The van der Waals surface area contributed by atoms with Gasteiger partial charge < -0.3 is 10.4 Å². The molecule has 22 heavy (non-hydrogen) atoms. The average Bonchev–Trinajstić information content (AvgIpc) is 2.49. The van der Waals surface area contributed by atoms with Crippen molar-refractivity contribution in [2.75, 3.05) is 11.1 Å². The topological polar surface area (TPSA) is 98.9 Å². The number of carboxylic acid groups (broad SMARTS) is 1. The minimum absolute atomic E-state index is 0.0713. The van der Waals surface area contributed by atoms with Crippen LogP contribution in [0.2, 0.25) is 5.02 Å². The number of halogens is 2. The first-order chi connectivity index (χ1) is 10.5. The number of nitriles is 1. The Bertz CT molecular complexity index is 766. The number of nitrogens with one attached hydrogen (secondary N) is 1. The number of thioether (sulfide) groups is 1. The highest BCUT2D eigenvalue weighted by atomic mass is 35.5. The van der Waals surface area contributed by atoms with E-state index >= 15 is 0 Å². The van der Waals surface area contributed by atoms with Gasteiger partial charge in [-0.3, -0.25) is 4.79 Å². The predicted octanol–water partition coefficient (Wildman–Crippen LogP) is 3.06. The largest absolute Gasteiger partial charge is 0.481 e. The van der Waals surface area contributed by atoms with Gasteiger partial charge in [-0.2, -0.15) is 5.26 Å². The Balaban J connectivity index is 2.30. The highest BCUT2D eigenvalue weighted by molar-refractivity contribution is 7.99. The van der Waals surface area contributed by atoms with Crippen molar-refractivity contribution in [3.63, 3.8) is 0 Å². The Morgan fingerprint density at radius 2 is 2.27 bits per heavy atom. The SMILES string of the molecule is N#Cc1c(Nc2ccc(F)c(Cl)c2)ncnc1SCC(=O)O. The second-order valence-electron chi connectivity index (χ2n) is 3.95. The maximum atomic E-state index is 13.1. The predicted molar refractivity (Wildman–Crippen MR) is 79.8 cm³/mol. The van der Waals surface area contributed by atoms with E-state index in [4.69, 9.17) is 16.7 Å². The van der Waals surface area contributed by atoms with E-state index in [2.05, 4.69) is 15.3 Å². The third-order valence-electron chi connectivity index (χ3n) is 2.44. The monoisotopic (exact) mass is 338 g/mol. The summed E-state index contributed by atoms with van der Waals surface area (Å²) in [6, 6.07) is 5.89. The normalized spacial score (nSPS) is 10.0. The molecule has 0 unspecified atom stereocenters. The molecule has 1 aromatic heterocycles. The van der Waals surface area contributed by atoms with Gasteiger partial charge in [0.1, 0.15) is 28.8 Å². The van der Waals surface area contributed by atoms with Crippen LogP contribution in [0.5, 0.6) is 0 Å². The fourth-order valence-corrected chi connectivity index (χ4v) is 2.36. The Morgan fingerprint density at radius 3 is 2.91 bits per heavy atom. The zero-order chi connectivity index (χ0) is 16.1. The lowest BCUT2D eigenvalue weighted by atomic mass is 10.3. The van der Waals surface area contributed by atoms with Gasteiger partial charge >= 0.3 is 5.97 Å². The molecule has 2 rings (SSSR count). The average molecular weight is 339 g/mol. The molecular formula is C13H8ClFN4O2S. The van der Waals surface area contributed by atoms with Gasteiger partial charge in [-0.05, 0) is 18.2 Å². The molecule has 2 N–H and O–H groups in total. The molecule has 0 radical (unpaired) electrons. The van der Waals surface area contributed by atoms with E-state index in [1.807, 2.05) is 6.07 Å². The van der Waals surface area contributed by atoms with Crippen molar-refractivity contribution in [1.29, 1.82) is 5.26 Å². The Morgan fingerprint density at radius 1 is 1.50 bits per heavy atom. The number of carboxylic acids is 1. The molecule has 1 aromatic carbocycles. The van der Waals surface area contributed by atoms with Crippen molar-refractivity contribution in [3.8, 4) is 6.07 Å². The van der Waals surface area contributed by atoms with Gasteiger partial charge in [-0.1, -0.05) is 23.4 Å². The maximum Gasteiger partial charge on any atom is 0.313 e. The summed E-state index contributed by atoms with van der Waals surface area (Å²) >= 11 is 6.60. The van der Waals surface area contributed by atoms with Crippen LogP contribution in [0.15, 0.2) is 29.6 Å². The standard InChI is InChI=1S/C13H8ClFN4O2S/c14-9-3-7(1-2-10(9)15)19-12-8(4-16)13(18-6-17-12)22-5-11(20)21/h1-3,6H,5H2,(H,20,21)(H,17,18,19). The zero-order valence-corrected chi connectivity index (χ0v) is 12.5. The highest BCUT2D eigenvalue weighted by Crippen LogP contribution is 2.27. The van der Waals surface area contributed by atoms with Crippen LogP contribution in [0.25, 0.3) is 0 Å². The van der Waals surface area contributed by atoms with E-state index in [0.29, 0.717) is 5.69 Å². The lowest BCUT2D eigenvalue weighted by Gasteiger charge is -2.09. The summed E-state index contributed by atoms with van der Waals surface area (Å²) in [6.07, 6.45) is 1.21. The molecule has 0 atom stereocenters. The molecule has 0 saturated heterocycles. The van der Waals surface area contributed by atoms with Crippen molar-refractivity contribution < 1.29 is 14.3 Å². The van der Waals surface area contributed by atoms with Gasteiger partial charge in [-0.25, -0.2) is 14.4 Å². The van der Waals surface area contributed by atoms with Crippen molar-refractivity contribution in [1.82, 2.24) is 9.97 Å². The van der Waals surface area contributed by atoms with Crippen LogP contribution in [-0.4, -0.2) is 26.8 Å². The smallest absolute Gasteiger partial charge is 0.313 e. The zero-order valence-electron chi connectivity index (χ0n) is 10.9. The Kier molecular flexibility index (Phi) is 5.14. The fraction of sp³-hybridized carbons (Fsp3) is 0.0769. The third kappa shape index (κ3) is 3.84. The Labute approximate surface area is 134 Å². The van der Waals surface area contributed by atoms with Gasteiger partial charge in [0.2, 0.25) is 0 Å². The van der Waals surface area contributed by atoms with E-state index in [9.17, 15) is 14.4 Å². The first-order valence-electron chi connectivity index (χ1n) is 5.83. The van der Waals surface area contributed by atoms with Crippen LogP contribution in [0, 0.1) is 17.1 Å². The lowest BCUT2D eigenvalue weighted by Crippen LogP contribution is -2.03. The first kappa shape index (κ1) is 16.0. The number of aliphatic carboxylic acids is 1. The molecule has 0 spiro atoms. The van der Waals surface area contributed by atoms with Crippen LogP contribution in [-0.2, 0) is 4.79 Å². The molecule has 6 nitrogen and oxygen atoms in total. The molecule has 112 valence electrons. The number of hydrogen-bond acceptors (Lipinski definition) is 6. The van der Waals surface area contributed by atoms with E-state index in [0.717, 1.165) is 11.8 Å². The molecule has 0 bridgehead atoms. The van der Waals surface area contributed by atoms with Crippen molar-refractivity contribution in [2.24, 2.45) is 0 Å². The van der Waals surface area contributed by atoms with Gasteiger partial charge in [0.15, 0.2) is 5.82 Å². The van der Waals surface area contributed by atoms with Crippen LogP contribution in [0.3, 0.4) is 0 Å². The van der Waals surface area contributed by atoms with E-state index < -0.39 is 11.8 Å². The first-order valence-corrected chi connectivity index (χ1v) is 7.19. The molecule has 2 aromatic rings. The summed E-state index contributed by atoms with van der Waals surface area (Å²) in [5.74, 6) is -1.62. The van der Waals surface area contributed by atoms with Gasteiger partial charge in [-0.15, -0.1) is 0 Å².